The van der Waals surface area contributed by atoms with Crippen molar-refractivity contribution in [3.05, 3.63) is 76.2 Å². The van der Waals surface area contributed by atoms with Gasteiger partial charge in [0.1, 0.15) is 5.82 Å². The molecule has 1 aliphatic rings. The minimum atomic E-state index is -0.225. The van der Waals surface area contributed by atoms with E-state index in [0.717, 1.165) is 31.9 Å². The topological polar surface area (TPSA) is 54.0 Å². The van der Waals surface area contributed by atoms with Gasteiger partial charge in [0.25, 0.3) is 5.91 Å². The Morgan fingerprint density at radius 1 is 1.00 bits per heavy atom. The highest BCUT2D eigenvalue weighted by Crippen LogP contribution is 2.33. The molecule has 3 aromatic rings. The molecule has 2 aromatic carbocycles. The fraction of sp³-hybridized carbons (Fsp3) is 0.346. The summed E-state index contributed by atoms with van der Waals surface area (Å²) >= 11 is 1.70. The van der Waals surface area contributed by atoms with Crippen LogP contribution in [0.1, 0.15) is 28.2 Å². The van der Waals surface area contributed by atoms with Gasteiger partial charge < -0.3 is 19.7 Å². The smallest absolute Gasteiger partial charge is 0.255 e. The molecule has 34 heavy (non-hydrogen) atoms. The summed E-state index contributed by atoms with van der Waals surface area (Å²) in [5.74, 6) is 0.525. The van der Waals surface area contributed by atoms with Crippen LogP contribution >= 0.6 is 11.3 Å². The molecule has 180 valence electrons. The van der Waals surface area contributed by atoms with Crippen LogP contribution in [0.2, 0.25) is 0 Å². The van der Waals surface area contributed by atoms with Crippen molar-refractivity contribution >= 4 is 22.9 Å². The van der Waals surface area contributed by atoms with E-state index < -0.39 is 0 Å². The molecule has 1 saturated heterocycles. The van der Waals surface area contributed by atoms with Crippen molar-refractivity contribution in [3.63, 3.8) is 0 Å². The van der Waals surface area contributed by atoms with Crippen LogP contribution in [0.5, 0.6) is 11.5 Å². The zero-order valence-corrected chi connectivity index (χ0v) is 20.5. The second-order valence-electron chi connectivity index (χ2n) is 8.26. The van der Waals surface area contributed by atoms with Gasteiger partial charge in [0.05, 0.1) is 25.8 Å². The Morgan fingerprint density at radius 3 is 2.35 bits per heavy atom. The van der Waals surface area contributed by atoms with Gasteiger partial charge in [-0.2, -0.15) is 0 Å². The monoisotopic (exact) mass is 483 g/mol. The number of nitrogens with zero attached hydrogens (tertiary/aromatic N) is 2. The normalized spacial score (nSPS) is 16.1. The third-order valence-electron chi connectivity index (χ3n) is 6.21. The van der Waals surface area contributed by atoms with E-state index in [1.165, 1.54) is 24.1 Å². The van der Waals surface area contributed by atoms with Gasteiger partial charge in [0, 0.05) is 42.8 Å². The van der Waals surface area contributed by atoms with E-state index in [9.17, 15) is 9.18 Å². The van der Waals surface area contributed by atoms with Crippen LogP contribution in [0.25, 0.3) is 0 Å². The first kappa shape index (κ1) is 24.0. The summed E-state index contributed by atoms with van der Waals surface area (Å²) in [6.45, 7) is 5.38. The Balaban J connectivity index is 1.49. The highest BCUT2D eigenvalue weighted by Gasteiger charge is 2.31. The molecule has 1 N–H and O–H groups in total. The number of piperazine rings is 1. The number of amides is 1. The fourth-order valence-electron chi connectivity index (χ4n) is 4.54. The van der Waals surface area contributed by atoms with Gasteiger partial charge in [-0.3, -0.25) is 9.69 Å². The van der Waals surface area contributed by atoms with Crippen molar-refractivity contribution in [1.82, 2.24) is 10.2 Å². The highest BCUT2D eigenvalue weighted by atomic mass is 32.1. The lowest BCUT2D eigenvalue weighted by Crippen LogP contribution is -2.52. The van der Waals surface area contributed by atoms with E-state index in [1.54, 1.807) is 36.6 Å². The molecule has 0 spiro atoms. The Hall–Kier alpha value is -3.10. The molecule has 1 aromatic heterocycles. The van der Waals surface area contributed by atoms with Crippen molar-refractivity contribution in [2.45, 2.75) is 19.0 Å². The quantitative estimate of drug-likeness (QED) is 0.508. The van der Waals surface area contributed by atoms with E-state index >= 15 is 0 Å². The zero-order valence-electron chi connectivity index (χ0n) is 19.7. The molecule has 1 amide bonds. The van der Waals surface area contributed by atoms with Crippen LogP contribution in [-0.2, 0) is 0 Å². The van der Waals surface area contributed by atoms with E-state index in [-0.39, 0.29) is 23.8 Å². The number of benzene rings is 2. The molecule has 1 fully saturated rings. The van der Waals surface area contributed by atoms with Gasteiger partial charge in [-0.25, -0.2) is 4.39 Å². The molecule has 0 aliphatic carbocycles. The molecule has 1 aliphatic heterocycles. The summed E-state index contributed by atoms with van der Waals surface area (Å²) in [6.07, 6.45) is 0. The van der Waals surface area contributed by atoms with Gasteiger partial charge in [0.2, 0.25) is 0 Å². The van der Waals surface area contributed by atoms with Crippen molar-refractivity contribution in [2.75, 3.05) is 45.3 Å². The summed E-state index contributed by atoms with van der Waals surface area (Å²) in [5, 5.41) is 5.26. The van der Waals surface area contributed by atoms with Crippen molar-refractivity contribution in [2.24, 2.45) is 0 Å². The molecule has 0 unspecified atom stereocenters. The van der Waals surface area contributed by atoms with E-state index in [0.29, 0.717) is 17.1 Å². The van der Waals surface area contributed by atoms with Gasteiger partial charge in [0.15, 0.2) is 11.5 Å². The largest absolute Gasteiger partial charge is 0.493 e. The summed E-state index contributed by atoms with van der Waals surface area (Å²) < 4.78 is 24.1. The number of para-hydroxylation sites is 1. The van der Waals surface area contributed by atoms with Crippen molar-refractivity contribution in [3.8, 4) is 11.5 Å². The average Bonchev–Trinajstić information content (AvgIpc) is 3.38. The SMILES string of the molecule is COc1cccc(C(=O)N[C@@H](C)[C@@H](c2cccs2)N2CCN(c3ccc(F)cc3)CC2)c1OC. The first-order valence-electron chi connectivity index (χ1n) is 11.3. The maximum absolute atomic E-state index is 13.3. The number of anilines is 1. The van der Waals surface area contributed by atoms with Gasteiger partial charge >= 0.3 is 0 Å². The minimum Gasteiger partial charge on any atom is -0.493 e. The Kier molecular flexibility index (Phi) is 7.70. The van der Waals surface area contributed by atoms with Gasteiger partial charge in [-0.15, -0.1) is 11.3 Å². The van der Waals surface area contributed by atoms with E-state index in [1.807, 2.05) is 25.1 Å². The van der Waals surface area contributed by atoms with Crippen LogP contribution in [0.15, 0.2) is 60.0 Å². The van der Waals surface area contributed by atoms with Crippen molar-refractivity contribution in [1.29, 1.82) is 0 Å². The molecule has 2 atom stereocenters. The summed E-state index contributed by atoms with van der Waals surface area (Å²) in [4.78, 5) is 19.1. The molecule has 0 radical (unpaired) electrons. The number of halogens is 1. The number of methoxy groups -OCH3 is 2. The minimum absolute atomic E-state index is 0.0379. The number of nitrogens with one attached hydrogen (secondary N) is 1. The number of carbonyl (C=O) groups is 1. The Bertz CT molecular complexity index is 1080. The molecule has 0 saturated carbocycles. The second kappa shape index (κ2) is 10.9. The van der Waals surface area contributed by atoms with Crippen LogP contribution in [0, 0.1) is 5.82 Å². The molecule has 6 nitrogen and oxygen atoms in total. The second-order valence-corrected chi connectivity index (χ2v) is 9.24. The molecule has 8 heteroatoms. The summed E-state index contributed by atoms with van der Waals surface area (Å²) in [5.41, 5.74) is 1.47. The van der Waals surface area contributed by atoms with Crippen LogP contribution < -0.4 is 19.7 Å². The predicted molar refractivity (Wildman–Crippen MR) is 134 cm³/mol. The number of hydrogen-bond donors (Lipinski definition) is 1. The van der Waals surface area contributed by atoms with E-state index in [2.05, 4.69) is 26.6 Å². The first-order valence-corrected chi connectivity index (χ1v) is 12.2. The average molecular weight is 484 g/mol. The first-order chi connectivity index (χ1) is 16.5. The van der Waals surface area contributed by atoms with Gasteiger partial charge in [-0.05, 0) is 54.8 Å². The number of rotatable bonds is 8. The Labute approximate surface area is 203 Å². The third kappa shape index (κ3) is 5.18. The molecular formula is C26H30FN3O3S. The number of ether oxygens (including phenoxy) is 2. The van der Waals surface area contributed by atoms with Gasteiger partial charge in [-0.1, -0.05) is 12.1 Å². The number of hydrogen-bond acceptors (Lipinski definition) is 6. The highest BCUT2D eigenvalue weighted by molar-refractivity contribution is 7.10. The number of carbonyl (C=O) groups excluding carboxylic acids is 1. The lowest BCUT2D eigenvalue weighted by atomic mass is 10.0. The molecule has 2 heterocycles. The van der Waals surface area contributed by atoms with E-state index in [4.69, 9.17) is 9.47 Å². The molecule has 0 bridgehead atoms. The molecule has 4 rings (SSSR count). The standard InChI is InChI=1S/C26H30FN3O3S/c1-18(28-26(31)21-6-4-7-22(32-2)25(21)33-3)24(23-8-5-17-34-23)30-15-13-29(14-16-30)20-11-9-19(27)10-12-20/h4-12,17-18,24H,13-16H2,1-3H3,(H,28,31)/t18-,24-/m0/s1. The van der Waals surface area contributed by atoms with Crippen LogP contribution in [0.4, 0.5) is 10.1 Å². The van der Waals surface area contributed by atoms with Crippen molar-refractivity contribution < 1.29 is 18.7 Å². The maximum atomic E-state index is 13.3. The lowest BCUT2D eigenvalue weighted by Gasteiger charge is -2.42. The van der Waals surface area contributed by atoms with Crippen LogP contribution in [0.3, 0.4) is 0 Å². The maximum Gasteiger partial charge on any atom is 0.255 e. The summed E-state index contributed by atoms with van der Waals surface area (Å²) in [7, 11) is 3.09. The molecular weight excluding hydrogens is 453 g/mol. The lowest BCUT2D eigenvalue weighted by molar-refractivity contribution is 0.0887. The third-order valence-corrected chi connectivity index (χ3v) is 7.16. The fourth-order valence-corrected chi connectivity index (χ4v) is 5.51. The number of thiophene rings is 1. The summed E-state index contributed by atoms with van der Waals surface area (Å²) in [6, 6.07) is 16.0. The predicted octanol–water partition coefficient (Wildman–Crippen LogP) is 4.59. The van der Waals surface area contributed by atoms with Crippen LogP contribution in [-0.4, -0.2) is 57.2 Å². The Morgan fingerprint density at radius 2 is 1.74 bits per heavy atom. The zero-order chi connectivity index (χ0) is 24.1.